The van der Waals surface area contributed by atoms with Crippen molar-refractivity contribution in [3.63, 3.8) is 0 Å². The van der Waals surface area contributed by atoms with Crippen LogP contribution in [0.25, 0.3) is 0 Å². The third kappa shape index (κ3) is 25.8. The lowest BCUT2D eigenvalue weighted by Gasteiger charge is -2.10. The van der Waals surface area contributed by atoms with Crippen molar-refractivity contribution in [1.82, 2.24) is 0 Å². The van der Waals surface area contributed by atoms with Gasteiger partial charge in [-0.2, -0.15) is 0 Å². The molecule has 0 fully saturated rings. The number of ether oxygens (including phenoxy) is 3. The van der Waals surface area contributed by atoms with Crippen LogP contribution < -0.4 is 4.74 Å². The minimum absolute atomic E-state index is 0.410. The molecule has 0 saturated heterocycles. The first-order valence-corrected chi connectivity index (χ1v) is 15.4. The molecule has 0 saturated carbocycles. The Morgan fingerprint density at radius 1 is 0.553 bits per heavy atom. The highest BCUT2D eigenvalue weighted by Crippen LogP contribution is 2.10. The molecule has 1 atom stereocenters. The van der Waals surface area contributed by atoms with Crippen molar-refractivity contribution >= 4 is 0 Å². The van der Waals surface area contributed by atoms with Crippen LogP contribution >= 0.6 is 0 Å². The molecule has 218 valence electrons. The minimum atomic E-state index is 0.410. The molecule has 2 aromatic carbocycles. The van der Waals surface area contributed by atoms with Crippen LogP contribution in [-0.4, -0.2) is 32.5 Å². The van der Waals surface area contributed by atoms with Gasteiger partial charge in [-0.1, -0.05) is 109 Å². The maximum Gasteiger partial charge on any atom is 0.119 e. The molecule has 0 aromatic heterocycles. The second-order valence-electron chi connectivity index (χ2n) is 10.3. The standard InChI is InChI=1S/C22H38O3.C8H10.C5H12/c1-3-21(2)24-19-13-6-4-11-17-23-18-12-5-7-14-20-25-22-15-9-8-10-16-22;1-2-8-6-4-3-5-7-8;1-4-5(2)3/h8-10,15-16,21H,3-7,11-14,17-20H2,1-2H3;3-7H,2H2,1H3;5H,4H2,1-3H3. The van der Waals surface area contributed by atoms with E-state index >= 15 is 0 Å². The summed E-state index contributed by atoms with van der Waals surface area (Å²) in [6, 6.07) is 20.5. The van der Waals surface area contributed by atoms with Crippen LogP contribution in [-0.2, 0) is 15.9 Å². The van der Waals surface area contributed by atoms with E-state index in [0.717, 1.165) is 63.8 Å². The van der Waals surface area contributed by atoms with E-state index in [0.29, 0.717) is 6.10 Å². The molecule has 0 heterocycles. The molecular weight excluding hydrogens is 468 g/mol. The van der Waals surface area contributed by atoms with Gasteiger partial charge in [0, 0.05) is 19.8 Å². The normalized spacial score (nSPS) is 11.2. The lowest BCUT2D eigenvalue weighted by atomic mass is 10.2. The lowest BCUT2D eigenvalue weighted by molar-refractivity contribution is 0.0601. The minimum Gasteiger partial charge on any atom is -0.494 e. The Morgan fingerprint density at radius 3 is 1.47 bits per heavy atom. The molecular formula is C35H60O3. The van der Waals surface area contributed by atoms with Crippen molar-refractivity contribution in [1.29, 1.82) is 0 Å². The summed E-state index contributed by atoms with van der Waals surface area (Å²) in [5.74, 6) is 1.85. The van der Waals surface area contributed by atoms with E-state index in [4.69, 9.17) is 14.2 Å². The summed E-state index contributed by atoms with van der Waals surface area (Å²) in [6.45, 7) is 16.6. The molecule has 0 aliphatic carbocycles. The highest BCUT2D eigenvalue weighted by atomic mass is 16.5. The molecule has 3 heteroatoms. The number of hydrogen-bond acceptors (Lipinski definition) is 3. The summed E-state index contributed by atoms with van der Waals surface area (Å²) in [5.41, 5.74) is 1.41. The van der Waals surface area contributed by atoms with Crippen LogP contribution in [0.4, 0.5) is 0 Å². The zero-order valence-corrected chi connectivity index (χ0v) is 25.8. The molecule has 0 spiro atoms. The first-order valence-electron chi connectivity index (χ1n) is 15.4. The van der Waals surface area contributed by atoms with E-state index < -0.39 is 0 Å². The van der Waals surface area contributed by atoms with Gasteiger partial charge in [0.2, 0.25) is 0 Å². The van der Waals surface area contributed by atoms with Gasteiger partial charge >= 0.3 is 0 Å². The first-order chi connectivity index (χ1) is 18.5. The molecule has 2 rings (SSSR count). The highest BCUT2D eigenvalue weighted by Gasteiger charge is 1.98. The summed E-state index contributed by atoms with van der Waals surface area (Å²) in [6.07, 6.45) is 13.5. The molecule has 0 amide bonds. The lowest BCUT2D eigenvalue weighted by Crippen LogP contribution is -2.07. The zero-order valence-electron chi connectivity index (χ0n) is 25.8. The Labute approximate surface area is 236 Å². The van der Waals surface area contributed by atoms with E-state index in [9.17, 15) is 0 Å². The Bertz CT molecular complexity index is 687. The molecule has 38 heavy (non-hydrogen) atoms. The summed E-state index contributed by atoms with van der Waals surface area (Å²) in [4.78, 5) is 0. The predicted octanol–water partition coefficient (Wildman–Crippen LogP) is 10.3. The fourth-order valence-electron chi connectivity index (χ4n) is 3.24. The smallest absolute Gasteiger partial charge is 0.119 e. The largest absolute Gasteiger partial charge is 0.494 e. The quantitative estimate of drug-likeness (QED) is 0.170. The monoisotopic (exact) mass is 528 g/mol. The number of unbranched alkanes of at least 4 members (excludes halogenated alkanes) is 6. The molecule has 3 nitrogen and oxygen atoms in total. The van der Waals surface area contributed by atoms with Gasteiger partial charge in [-0.25, -0.2) is 0 Å². The summed E-state index contributed by atoms with van der Waals surface area (Å²) < 4.78 is 17.1. The maximum absolute atomic E-state index is 5.71. The molecule has 0 aliphatic rings. The molecule has 0 bridgehead atoms. The van der Waals surface area contributed by atoms with Crippen LogP contribution in [0.1, 0.15) is 111 Å². The predicted molar refractivity (Wildman–Crippen MR) is 166 cm³/mol. The van der Waals surface area contributed by atoms with Crippen LogP contribution in [0.2, 0.25) is 0 Å². The van der Waals surface area contributed by atoms with E-state index in [1.165, 1.54) is 50.5 Å². The van der Waals surface area contributed by atoms with Gasteiger partial charge in [0.1, 0.15) is 5.75 Å². The van der Waals surface area contributed by atoms with Gasteiger partial charge in [0.15, 0.2) is 0 Å². The van der Waals surface area contributed by atoms with Gasteiger partial charge in [0.25, 0.3) is 0 Å². The molecule has 0 aliphatic heterocycles. The molecule has 2 aromatic rings. The van der Waals surface area contributed by atoms with Crippen LogP contribution in [0.3, 0.4) is 0 Å². The number of aryl methyl sites for hydroxylation is 1. The van der Waals surface area contributed by atoms with Crippen molar-refractivity contribution in [3.05, 3.63) is 66.2 Å². The SMILES string of the molecule is CCC(C)C.CCC(C)OCCCCCCOCCCCCCOc1ccccc1.CCc1ccccc1. The Hall–Kier alpha value is -1.84. The fraction of sp³-hybridized carbons (Fsp3) is 0.657. The first kappa shape index (κ1) is 36.2. The van der Waals surface area contributed by atoms with Crippen molar-refractivity contribution in [3.8, 4) is 5.75 Å². The van der Waals surface area contributed by atoms with Gasteiger partial charge < -0.3 is 14.2 Å². The average molecular weight is 529 g/mol. The van der Waals surface area contributed by atoms with Gasteiger partial charge in [-0.3, -0.25) is 0 Å². The van der Waals surface area contributed by atoms with E-state index in [-0.39, 0.29) is 0 Å². The van der Waals surface area contributed by atoms with Crippen molar-refractivity contribution in [2.24, 2.45) is 5.92 Å². The highest BCUT2D eigenvalue weighted by molar-refractivity contribution is 5.20. The number of para-hydroxylation sites is 1. The van der Waals surface area contributed by atoms with Crippen molar-refractivity contribution in [2.45, 2.75) is 118 Å². The average Bonchev–Trinajstić information content (AvgIpc) is 2.96. The van der Waals surface area contributed by atoms with Crippen molar-refractivity contribution < 1.29 is 14.2 Å². The summed E-state index contributed by atoms with van der Waals surface area (Å²) in [7, 11) is 0. The van der Waals surface area contributed by atoms with Crippen LogP contribution in [0.5, 0.6) is 5.75 Å². The molecule has 1 unspecified atom stereocenters. The number of benzene rings is 2. The second-order valence-corrected chi connectivity index (χ2v) is 10.3. The van der Waals surface area contributed by atoms with Gasteiger partial charge in [-0.05, 0) is 75.5 Å². The van der Waals surface area contributed by atoms with Gasteiger partial charge in [-0.15, -0.1) is 0 Å². The second kappa shape index (κ2) is 28.2. The summed E-state index contributed by atoms with van der Waals surface area (Å²) >= 11 is 0. The van der Waals surface area contributed by atoms with Gasteiger partial charge in [0.05, 0.1) is 12.7 Å². The Balaban J connectivity index is 0.000000855. The van der Waals surface area contributed by atoms with E-state index in [1.54, 1.807) is 0 Å². The number of hydrogen-bond donors (Lipinski definition) is 0. The van der Waals surface area contributed by atoms with Crippen LogP contribution in [0.15, 0.2) is 60.7 Å². The topological polar surface area (TPSA) is 27.7 Å². The third-order valence-electron chi connectivity index (χ3n) is 6.42. The fourth-order valence-corrected chi connectivity index (χ4v) is 3.24. The summed E-state index contributed by atoms with van der Waals surface area (Å²) in [5, 5.41) is 0. The number of rotatable bonds is 19. The van der Waals surface area contributed by atoms with Crippen LogP contribution in [0, 0.1) is 5.92 Å². The zero-order chi connectivity index (χ0) is 28.1. The maximum atomic E-state index is 5.71. The molecule has 0 radical (unpaired) electrons. The third-order valence-corrected chi connectivity index (χ3v) is 6.42. The Morgan fingerprint density at radius 2 is 1.03 bits per heavy atom. The van der Waals surface area contributed by atoms with Crippen molar-refractivity contribution in [2.75, 3.05) is 26.4 Å². The van der Waals surface area contributed by atoms with E-state index in [1.807, 2.05) is 36.4 Å². The molecule has 0 N–H and O–H groups in total. The Kier molecular flexibility index (Phi) is 26.8. The van der Waals surface area contributed by atoms with E-state index in [2.05, 4.69) is 65.8 Å².